The Bertz CT molecular complexity index is 1180. The summed E-state index contributed by atoms with van der Waals surface area (Å²) in [7, 11) is -2.31. The number of hydrogen-bond acceptors (Lipinski definition) is 7. The van der Waals surface area contributed by atoms with Crippen molar-refractivity contribution in [1.29, 1.82) is 0 Å². The smallest absolute Gasteiger partial charge is 0.244 e. The van der Waals surface area contributed by atoms with Gasteiger partial charge >= 0.3 is 0 Å². The fourth-order valence-corrected chi connectivity index (χ4v) is 4.45. The molecular formula is C24H31N3O7S. The van der Waals surface area contributed by atoms with E-state index < -0.39 is 28.5 Å². The summed E-state index contributed by atoms with van der Waals surface area (Å²) in [5.41, 5.74) is 0.988. The van der Waals surface area contributed by atoms with Gasteiger partial charge < -0.3 is 24.4 Å². The van der Waals surface area contributed by atoms with Crippen LogP contribution in [0.3, 0.4) is 0 Å². The molecule has 1 atom stereocenters. The van der Waals surface area contributed by atoms with Gasteiger partial charge in [-0.05, 0) is 50.6 Å². The molecular weight excluding hydrogens is 474 g/mol. The second-order valence-electron chi connectivity index (χ2n) is 8.52. The predicted octanol–water partition coefficient (Wildman–Crippen LogP) is 2.13. The standard InChI is InChI=1S/C24H31N3O7S/c1-16(2)25-24(29)17(3)26(13-18-7-6-8-20(11-18)32-4)23(28)14-27(35(5,30)31)19-9-10-21-22(12-19)34-15-33-21/h6-12,16-17H,13-15H2,1-5H3,(H,25,29). The highest BCUT2D eigenvalue weighted by Crippen LogP contribution is 2.36. The molecule has 2 aromatic carbocycles. The Morgan fingerprint density at radius 1 is 1.09 bits per heavy atom. The molecule has 1 heterocycles. The Balaban J connectivity index is 1.92. The lowest BCUT2D eigenvalue weighted by Gasteiger charge is -2.32. The first-order chi connectivity index (χ1) is 16.5. The zero-order valence-corrected chi connectivity index (χ0v) is 21.3. The minimum Gasteiger partial charge on any atom is -0.497 e. The van der Waals surface area contributed by atoms with E-state index in [0.717, 1.165) is 16.1 Å². The van der Waals surface area contributed by atoms with Gasteiger partial charge in [-0.1, -0.05) is 12.1 Å². The molecule has 35 heavy (non-hydrogen) atoms. The summed E-state index contributed by atoms with van der Waals surface area (Å²) in [6, 6.07) is 10.8. The van der Waals surface area contributed by atoms with Crippen LogP contribution in [-0.4, -0.2) is 63.9 Å². The summed E-state index contributed by atoms with van der Waals surface area (Å²) in [5, 5.41) is 2.81. The number of nitrogens with zero attached hydrogens (tertiary/aromatic N) is 2. The van der Waals surface area contributed by atoms with Crippen LogP contribution in [0.1, 0.15) is 26.3 Å². The molecule has 0 spiro atoms. The second-order valence-corrected chi connectivity index (χ2v) is 10.4. The van der Waals surface area contributed by atoms with Gasteiger partial charge in [0.05, 0.1) is 19.1 Å². The number of anilines is 1. The quantitative estimate of drug-likeness (QED) is 0.526. The number of ether oxygens (including phenoxy) is 3. The van der Waals surface area contributed by atoms with Crippen molar-refractivity contribution in [3.05, 3.63) is 48.0 Å². The highest BCUT2D eigenvalue weighted by atomic mass is 32.2. The van der Waals surface area contributed by atoms with E-state index >= 15 is 0 Å². The zero-order chi connectivity index (χ0) is 25.8. The number of benzene rings is 2. The van der Waals surface area contributed by atoms with E-state index in [9.17, 15) is 18.0 Å². The Morgan fingerprint density at radius 2 is 1.80 bits per heavy atom. The first kappa shape index (κ1) is 26.1. The molecule has 0 saturated heterocycles. The predicted molar refractivity (Wildman–Crippen MR) is 131 cm³/mol. The summed E-state index contributed by atoms with van der Waals surface area (Å²) in [4.78, 5) is 27.7. The van der Waals surface area contributed by atoms with Gasteiger partial charge in [-0.25, -0.2) is 8.42 Å². The van der Waals surface area contributed by atoms with E-state index in [-0.39, 0.29) is 31.0 Å². The molecule has 190 valence electrons. The molecule has 10 nitrogen and oxygen atoms in total. The molecule has 0 saturated carbocycles. The number of fused-ring (bicyclic) bond motifs is 1. The van der Waals surface area contributed by atoms with Crippen molar-refractivity contribution >= 4 is 27.5 Å². The molecule has 1 unspecified atom stereocenters. The van der Waals surface area contributed by atoms with E-state index in [0.29, 0.717) is 17.2 Å². The highest BCUT2D eigenvalue weighted by molar-refractivity contribution is 7.92. The van der Waals surface area contributed by atoms with Crippen LogP contribution in [0, 0.1) is 0 Å². The number of rotatable bonds is 10. The molecule has 0 radical (unpaired) electrons. The van der Waals surface area contributed by atoms with Gasteiger partial charge in [0.15, 0.2) is 11.5 Å². The topological polar surface area (TPSA) is 114 Å². The second kappa shape index (κ2) is 10.9. The van der Waals surface area contributed by atoms with Crippen molar-refractivity contribution < 1.29 is 32.2 Å². The summed E-state index contributed by atoms with van der Waals surface area (Å²) in [6.45, 7) is 4.88. The molecule has 11 heteroatoms. The highest BCUT2D eigenvalue weighted by Gasteiger charge is 2.31. The van der Waals surface area contributed by atoms with Crippen molar-refractivity contribution in [3.63, 3.8) is 0 Å². The maximum atomic E-state index is 13.6. The van der Waals surface area contributed by atoms with Gasteiger partial charge in [-0.3, -0.25) is 13.9 Å². The fraction of sp³-hybridized carbons (Fsp3) is 0.417. The van der Waals surface area contributed by atoms with Gasteiger partial charge in [0.25, 0.3) is 0 Å². The minimum absolute atomic E-state index is 0.0351. The van der Waals surface area contributed by atoms with Crippen LogP contribution in [0.15, 0.2) is 42.5 Å². The lowest BCUT2D eigenvalue weighted by molar-refractivity contribution is -0.139. The average molecular weight is 506 g/mol. The third-order valence-corrected chi connectivity index (χ3v) is 6.55. The van der Waals surface area contributed by atoms with Gasteiger partial charge in [0, 0.05) is 18.7 Å². The van der Waals surface area contributed by atoms with Crippen LogP contribution >= 0.6 is 0 Å². The van der Waals surface area contributed by atoms with E-state index in [1.165, 1.54) is 18.1 Å². The Labute approximate surface area is 205 Å². The maximum absolute atomic E-state index is 13.6. The summed E-state index contributed by atoms with van der Waals surface area (Å²) in [5.74, 6) is 0.605. The number of carbonyl (C=O) groups is 2. The maximum Gasteiger partial charge on any atom is 0.244 e. The van der Waals surface area contributed by atoms with Gasteiger partial charge in [-0.15, -0.1) is 0 Å². The van der Waals surface area contributed by atoms with Crippen LogP contribution in [0.2, 0.25) is 0 Å². The molecule has 0 fully saturated rings. The monoisotopic (exact) mass is 505 g/mol. The largest absolute Gasteiger partial charge is 0.497 e. The molecule has 0 aromatic heterocycles. The fourth-order valence-electron chi connectivity index (χ4n) is 3.61. The van der Waals surface area contributed by atoms with Crippen molar-refractivity contribution in [2.45, 2.75) is 39.4 Å². The molecule has 1 N–H and O–H groups in total. The lowest BCUT2D eigenvalue weighted by atomic mass is 10.1. The van der Waals surface area contributed by atoms with E-state index in [1.807, 2.05) is 19.9 Å². The summed E-state index contributed by atoms with van der Waals surface area (Å²) < 4.78 is 42.2. The first-order valence-corrected chi connectivity index (χ1v) is 12.9. The van der Waals surface area contributed by atoms with Crippen molar-refractivity contribution in [2.75, 3.05) is 31.0 Å². The van der Waals surface area contributed by atoms with Crippen LogP contribution in [0.25, 0.3) is 0 Å². The van der Waals surface area contributed by atoms with Crippen LogP contribution in [0.5, 0.6) is 17.2 Å². The Hall–Kier alpha value is -3.47. The van der Waals surface area contributed by atoms with Crippen molar-refractivity contribution in [3.8, 4) is 17.2 Å². The lowest BCUT2D eigenvalue weighted by Crippen LogP contribution is -2.52. The summed E-state index contributed by atoms with van der Waals surface area (Å²) >= 11 is 0. The number of amides is 2. The molecule has 0 aliphatic carbocycles. The Morgan fingerprint density at radius 3 is 2.46 bits per heavy atom. The molecule has 1 aliphatic heterocycles. The van der Waals surface area contributed by atoms with E-state index in [2.05, 4.69) is 5.32 Å². The van der Waals surface area contributed by atoms with Crippen LogP contribution < -0.4 is 23.8 Å². The van der Waals surface area contributed by atoms with Crippen LogP contribution in [-0.2, 0) is 26.2 Å². The number of nitrogens with one attached hydrogen (secondary N) is 1. The van der Waals surface area contributed by atoms with Gasteiger partial charge in [-0.2, -0.15) is 0 Å². The van der Waals surface area contributed by atoms with Crippen molar-refractivity contribution in [1.82, 2.24) is 10.2 Å². The SMILES string of the molecule is COc1cccc(CN(C(=O)CN(c2ccc3c(c2)OCO3)S(C)(=O)=O)C(C)C(=O)NC(C)C)c1. The third kappa shape index (κ3) is 6.56. The minimum atomic E-state index is -3.84. The van der Waals surface area contributed by atoms with Crippen molar-refractivity contribution in [2.24, 2.45) is 0 Å². The number of hydrogen-bond donors (Lipinski definition) is 1. The molecule has 0 bridgehead atoms. The number of methoxy groups -OCH3 is 1. The average Bonchev–Trinajstić information content (AvgIpc) is 3.27. The molecule has 2 amide bonds. The van der Waals surface area contributed by atoms with Crippen LogP contribution in [0.4, 0.5) is 5.69 Å². The van der Waals surface area contributed by atoms with Gasteiger partial charge in [0.1, 0.15) is 18.3 Å². The molecule has 1 aliphatic rings. The first-order valence-electron chi connectivity index (χ1n) is 11.1. The zero-order valence-electron chi connectivity index (χ0n) is 20.5. The molecule has 3 rings (SSSR count). The van der Waals surface area contributed by atoms with E-state index in [1.54, 1.807) is 37.3 Å². The number of sulfonamides is 1. The third-order valence-electron chi connectivity index (χ3n) is 5.41. The normalized spacial score (nSPS) is 13.3. The van der Waals surface area contributed by atoms with E-state index in [4.69, 9.17) is 14.2 Å². The van der Waals surface area contributed by atoms with Gasteiger partial charge in [0.2, 0.25) is 28.6 Å². The molecule has 2 aromatic rings. The Kier molecular flexibility index (Phi) is 8.11. The summed E-state index contributed by atoms with van der Waals surface area (Å²) in [6.07, 6.45) is 1.02. The number of carbonyl (C=O) groups excluding carboxylic acids is 2.